The Morgan fingerprint density at radius 1 is 0.821 bits per heavy atom. The summed E-state index contributed by atoms with van der Waals surface area (Å²) in [6.07, 6.45) is -0.304. The summed E-state index contributed by atoms with van der Waals surface area (Å²) in [4.78, 5) is 4.47. The lowest BCUT2D eigenvalue weighted by Crippen LogP contribution is -2.14. The monoisotopic (exact) mass is 377 g/mol. The van der Waals surface area contributed by atoms with E-state index in [1.165, 1.54) is 29.3 Å². The highest BCUT2D eigenvalue weighted by molar-refractivity contribution is 5.96. The van der Waals surface area contributed by atoms with Gasteiger partial charge in [0.1, 0.15) is 29.3 Å². The van der Waals surface area contributed by atoms with E-state index in [4.69, 9.17) is 4.74 Å². The van der Waals surface area contributed by atoms with E-state index in [1.807, 2.05) is 31.2 Å². The average molecular weight is 377 g/mol. The molecule has 0 radical (unpaired) electrons. The van der Waals surface area contributed by atoms with Gasteiger partial charge in [-0.1, -0.05) is 48.5 Å². The molecule has 1 heterocycles. The third-order valence-corrected chi connectivity index (χ3v) is 5.27. The highest BCUT2D eigenvalue weighted by Gasteiger charge is 2.32. The summed E-state index contributed by atoms with van der Waals surface area (Å²) in [6, 6.07) is 17.9. The Hall–Kier alpha value is -3.01. The van der Waals surface area contributed by atoms with Gasteiger partial charge in [0, 0.05) is 0 Å². The molecule has 1 aliphatic rings. The highest BCUT2D eigenvalue weighted by Crippen LogP contribution is 2.33. The molecular weight excluding hydrogens is 356 g/mol. The fourth-order valence-electron chi connectivity index (χ4n) is 3.47. The largest absolute Gasteiger partial charge is 0.472 e. The Labute approximate surface area is 163 Å². The molecular formula is C24H21F2NO. The first-order chi connectivity index (χ1) is 13.4. The second kappa shape index (κ2) is 7.19. The van der Waals surface area contributed by atoms with Crippen molar-refractivity contribution < 1.29 is 13.5 Å². The van der Waals surface area contributed by atoms with E-state index in [0.717, 1.165) is 16.7 Å². The zero-order valence-corrected chi connectivity index (χ0v) is 16.0. The fourth-order valence-corrected chi connectivity index (χ4v) is 3.47. The molecule has 142 valence electrons. The van der Waals surface area contributed by atoms with Crippen LogP contribution in [0.3, 0.4) is 0 Å². The van der Waals surface area contributed by atoms with Crippen LogP contribution in [-0.2, 0) is 4.74 Å². The molecule has 4 rings (SSSR count). The van der Waals surface area contributed by atoms with E-state index in [1.54, 1.807) is 0 Å². The second-order valence-electron chi connectivity index (χ2n) is 7.22. The van der Waals surface area contributed by atoms with Gasteiger partial charge in [-0.05, 0) is 60.7 Å². The van der Waals surface area contributed by atoms with Gasteiger partial charge in [-0.3, -0.25) is 0 Å². The van der Waals surface area contributed by atoms with Gasteiger partial charge in [-0.15, -0.1) is 0 Å². The van der Waals surface area contributed by atoms with E-state index < -0.39 is 11.6 Å². The minimum atomic E-state index is -0.670. The van der Waals surface area contributed by atoms with E-state index in [9.17, 15) is 8.78 Å². The van der Waals surface area contributed by atoms with Gasteiger partial charge in [0.25, 0.3) is 0 Å². The Bertz CT molecular complexity index is 1040. The molecule has 3 aromatic rings. The quantitative estimate of drug-likeness (QED) is 0.536. The predicted octanol–water partition coefficient (Wildman–Crippen LogP) is 6.16. The normalized spacial score (nSPS) is 18.7. The molecule has 0 saturated heterocycles. The third kappa shape index (κ3) is 3.31. The summed E-state index contributed by atoms with van der Waals surface area (Å²) in [5.74, 6) is -1.32. The van der Waals surface area contributed by atoms with Crippen LogP contribution in [0.1, 0.15) is 35.2 Å². The highest BCUT2D eigenvalue weighted by atomic mass is 19.1. The topological polar surface area (TPSA) is 21.6 Å². The molecule has 0 spiro atoms. The summed E-state index contributed by atoms with van der Waals surface area (Å²) in [5.41, 5.74) is 5.53. The third-order valence-electron chi connectivity index (χ3n) is 5.27. The molecule has 28 heavy (non-hydrogen) atoms. The molecule has 0 unspecified atom stereocenters. The van der Waals surface area contributed by atoms with Crippen molar-refractivity contribution in [1.29, 1.82) is 0 Å². The number of ether oxygens (including phenoxy) is 1. The molecule has 0 amide bonds. The van der Waals surface area contributed by atoms with Gasteiger partial charge in [-0.25, -0.2) is 13.8 Å². The average Bonchev–Trinajstić information content (AvgIpc) is 3.05. The molecule has 0 fully saturated rings. The first-order valence-electron chi connectivity index (χ1n) is 9.30. The second-order valence-corrected chi connectivity index (χ2v) is 7.22. The van der Waals surface area contributed by atoms with E-state index in [-0.39, 0.29) is 23.6 Å². The Kier molecular flexibility index (Phi) is 4.71. The molecule has 3 aromatic carbocycles. The summed E-state index contributed by atoms with van der Waals surface area (Å²) < 4.78 is 33.8. The van der Waals surface area contributed by atoms with Crippen molar-refractivity contribution >= 4 is 5.90 Å². The molecule has 0 aromatic heterocycles. The maximum absolute atomic E-state index is 14.1. The van der Waals surface area contributed by atoms with Crippen LogP contribution in [0.5, 0.6) is 0 Å². The number of hydrogen-bond acceptors (Lipinski definition) is 2. The van der Waals surface area contributed by atoms with E-state index in [2.05, 4.69) is 37.0 Å². The molecule has 2 nitrogen and oxygen atoms in total. The van der Waals surface area contributed by atoms with Crippen LogP contribution in [0.15, 0.2) is 65.7 Å². The van der Waals surface area contributed by atoms with Gasteiger partial charge in [0.2, 0.25) is 5.90 Å². The molecule has 4 heteroatoms. The van der Waals surface area contributed by atoms with E-state index in [0.29, 0.717) is 0 Å². The molecule has 1 aliphatic heterocycles. The standard InChI is InChI=1S/C24H21F2NO/c1-14-7-8-19(13-15(14)2)17-9-11-18(12-10-17)23-16(3)28-24(27-23)22-20(25)5-4-6-21(22)26/h4-13,16,23H,1-3H3/t16-,23+/m1/s1. The first kappa shape index (κ1) is 18.4. The lowest BCUT2D eigenvalue weighted by Gasteiger charge is -2.14. The number of halogens is 2. The minimum Gasteiger partial charge on any atom is -0.472 e. The maximum atomic E-state index is 14.1. The van der Waals surface area contributed by atoms with Crippen molar-refractivity contribution in [2.45, 2.75) is 32.9 Å². The molecule has 2 atom stereocenters. The Morgan fingerprint density at radius 2 is 1.46 bits per heavy atom. The minimum absolute atomic E-state index is 0.0198. The smallest absolute Gasteiger partial charge is 0.223 e. The number of nitrogens with zero attached hydrogens (tertiary/aromatic N) is 1. The van der Waals surface area contributed by atoms with Gasteiger partial charge >= 0.3 is 0 Å². The van der Waals surface area contributed by atoms with Crippen molar-refractivity contribution in [3.05, 3.63) is 94.6 Å². The van der Waals surface area contributed by atoms with Gasteiger partial charge in [0.15, 0.2) is 0 Å². The number of aryl methyl sites for hydroxylation is 2. The Balaban J connectivity index is 1.64. The summed E-state index contributed by atoms with van der Waals surface area (Å²) in [6.45, 7) is 6.05. The molecule has 0 aliphatic carbocycles. The maximum Gasteiger partial charge on any atom is 0.223 e. The predicted molar refractivity (Wildman–Crippen MR) is 108 cm³/mol. The lowest BCUT2D eigenvalue weighted by molar-refractivity contribution is 0.213. The summed E-state index contributed by atoms with van der Waals surface area (Å²) in [7, 11) is 0. The number of rotatable bonds is 3. The number of hydrogen-bond donors (Lipinski definition) is 0. The zero-order valence-electron chi connectivity index (χ0n) is 16.0. The zero-order chi connectivity index (χ0) is 19.8. The summed E-state index contributed by atoms with van der Waals surface area (Å²) >= 11 is 0. The van der Waals surface area contributed by atoms with Crippen LogP contribution in [0.4, 0.5) is 8.78 Å². The molecule has 0 bridgehead atoms. The van der Waals surface area contributed by atoms with E-state index >= 15 is 0 Å². The number of aliphatic imine (C=N–C) groups is 1. The summed E-state index contributed by atoms with van der Waals surface area (Å²) in [5, 5.41) is 0. The SMILES string of the molecule is Cc1ccc(-c2ccc([C@H]3N=C(c4c(F)cccc4F)O[C@@H]3C)cc2)cc1C. The fraction of sp³-hybridized carbons (Fsp3) is 0.208. The van der Waals surface area contributed by atoms with Crippen molar-refractivity contribution in [1.82, 2.24) is 0 Å². The van der Waals surface area contributed by atoms with Crippen LogP contribution in [-0.4, -0.2) is 12.0 Å². The van der Waals surface area contributed by atoms with Crippen molar-refractivity contribution in [3.63, 3.8) is 0 Å². The van der Waals surface area contributed by atoms with Crippen LogP contribution in [0.25, 0.3) is 11.1 Å². The molecule has 0 N–H and O–H groups in total. The van der Waals surface area contributed by atoms with Crippen molar-refractivity contribution in [2.75, 3.05) is 0 Å². The lowest BCUT2D eigenvalue weighted by atomic mass is 9.97. The number of benzene rings is 3. The van der Waals surface area contributed by atoms with Crippen LogP contribution in [0.2, 0.25) is 0 Å². The van der Waals surface area contributed by atoms with Gasteiger partial charge < -0.3 is 4.74 Å². The van der Waals surface area contributed by atoms with Crippen LogP contribution >= 0.6 is 0 Å². The van der Waals surface area contributed by atoms with Crippen LogP contribution in [0, 0.1) is 25.5 Å². The Morgan fingerprint density at radius 3 is 2.11 bits per heavy atom. The van der Waals surface area contributed by atoms with Gasteiger partial charge in [0.05, 0.1) is 0 Å². The molecule has 0 saturated carbocycles. The van der Waals surface area contributed by atoms with Crippen LogP contribution < -0.4 is 0 Å². The van der Waals surface area contributed by atoms with Crippen molar-refractivity contribution in [3.8, 4) is 11.1 Å². The van der Waals surface area contributed by atoms with Gasteiger partial charge in [-0.2, -0.15) is 0 Å². The van der Waals surface area contributed by atoms with Crippen molar-refractivity contribution in [2.24, 2.45) is 4.99 Å². The first-order valence-corrected chi connectivity index (χ1v) is 9.30.